The van der Waals surface area contributed by atoms with E-state index in [0.29, 0.717) is 16.7 Å². The second-order valence-electron chi connectivity index (χ2n) is 8.28. The molecular weight excluding hydrogens is 364 g/mol. The number of fused-ring (bicyclic) bond motifs is 4. The maximum Gasteiger partial charge on any atom is 0.167 e. The van der Waals surface area contributed by atoms with Crippen LogP contribution >= 0.6 is 0 Å². The third-order valence-corrected chi connectivity index (χ3v) is 6.56. The number of hydrogen-bond acceptors (Lipinski definition) is 0. The van der Waals surface area contributed by atoms with Gasteiger partial charge in [-0.05, 0) is 78.7 Å². The Morgan fingerprint density at radius 2 is 1.61 bits per heavy atom. The number of alkyl halides is 1. The summed E-state index contributed by atoms with van der Waals surface area (Å²) in [5.41, 5.74) is 2.25. The zero-order chi connectivity index (χ0) is 19.8. The molecule has 2 aromatic carbocycles. The molecule has 0 N–H and O–H groups in total. The molecule has 0 amide bonds. The molecule has 0 atom stereocenters. The summed E-state index contributed by atoms with van der Waals surface area (Å²) in [6.07, 6.45) is 6.80. The van der Waals surface area contributed by atoms with Crippen LogP contribution in [-0.4, -0.2) is 6.67 Å². The minimum atomic E-state index is -0.999. The molecular formula is C24H26F4. The van der Waals surface area contributed by atoms with E-state index < -0.39 is 24.1 Å². The fourth-order valence-corrected chi connectivity index (χ4v) is 5.06. The molecule has 2 aromatic rings. The monoisotopic (exact) mass is 390 g/mol. The third-order valence-electron chi connectivity index (χ3n) is 6.56. The zero-order valence-corrected chi connectivity index (χ0v) is 16.3. The normalized spacial score (nSPS) is 20.5. The maximum atomic E-state index is 15.3. The summed E-state index contributed by atoms with van der Waals surface area (Å²) in [5, 5.41) is 0. The summed E-state index contributed by atoms with van der Waals surface area (Å²) < 4.78 is 56.8. The van der Waals surface area contributed by atoms with E-state index in [1.165, 1.54) is 12.8 Å². The molecule has 0 spiro atoms. The molecule has 2 aliphatic rings. The van der Waals surface area contributed by atoms with Crippen molar-refractivity contribution in [2.75, 3.05) is 6.67 Å². The molecule has 4 rings (SSSR count). The molecule has 1 saturated carbocycles. The van der Waals surface area contributed by atoms with Crippen molar-refractivity contribution >= 4 is 0 Å². The smallest absolute Gasteiger partial charge is 0.167 e. The van der Waals surface area contributed by atoms with Gasteiger partial charge in [-0.15, -0.1) is 0 Å². The molecule has 0 radical (unpaired) electrons. The topological polar surface area (TPSA) is 0 Å². The SMILES string of the molecule is CCCC1CCC(c2ccc3c(c2F)-c2c-3cc(CCCF)c(F)c2F)CC1. The van der Waals surface area contributed by atoms with Gasteiger partial charge in [0, 0.05) is 11.1 Å². The van der Waals surface area contributed by atoms with E-state index in [4.69, 9.17) is 0 Å². The summed E-state index contributed by atoms with van der Waals surface area (Å²) in [6, 6.07) is 5.22. The first-order valence-electron chi connectivity index (χ1n) is 10.5. The van der Waals surface area contributed by atoms with Gasteiger partial charge in [0.25, 0.3) is 0 Å². The Kier molecular flexibility index (Phi) is 5.48. The number of halogens is 4. The van der Waals surface area contributed by atoms with Crippen LogP contribution in [0.4, 0.5) is 17.6 Å². The molecule has 0 bridgehead atoms. The van der Waals surface area contributed by atoms with Gasteiger partial charge < -0.3 is 0 Å². The standard InChI is InChI=1S/C24H26F4/c1-2-4-14-6-8-15(9-7-14)17-10-11-18-19-13-16(5-3-12-25)22(26)24(28)21(19)20(18)23(17)27/h10-11,13-15H,2-9,12H2,1H3. The predicted octanol–water partition coefficient (Wildman–Crippen LogP) is 7.73. The summed E-state index contributed by atoms with van der Waals surface area (Å²) in [6.45, 7) is 1.62. The lowest BCUT2D eigenvalue weighted by Crippen LogP contribution is -2.16. The highest BCUT2D eigenvalue weighted by molar-refractivity contribution is 6.03. The summed E-state index contributed by atoms with van der Waals surface area (Å²) in [5.74, 6) is -1.48. The van der Waals surface area contributed by atoms with Crippen molar-refractivity contribution in [3.63, 3.8) is 0 Å². The summed E-state index contributed by atoms with van der Waals surface area (Å²) in [7, 11) is 0. The first-order valence-corrected chi connectivity index (χ1v) is 10.5. The molecule has 28 heavy (non-hydrogen) atoms. The van der Waals surface area contributed by atoms with Crippen molar-refractivity contribution in [3.8, 4) is 22.3 Å². The van der Waals surface area contributed by atoms with E-state index in [2.05, 4.69) is 6.92 Å². The fraction of sp³-hybridized carbons (Fsp3) is 0.500. The largest absolute Gasteiger partial charge is 0.251 e. The van der Waals surface area contributed by atoms with Crippen LogP contribution in [0.25, 0.3) is 22.3 Å². The Hall–Kier alpha value is -1.84. The number of rotatable bonds is 6. The van der Waals surface area contributed by atoms with Crippen molar-refractivity contribution in [1.29, 1.82) is 0 Å². The second kappa shape index (κ2) is 7.88. The first kappa shape index (κ1) is 19.5. The van der Waals surface area contributed by atoms with Gasteiger partial charge in [-0.25, -0.2) is 13.2 Å². The van der Waals surface area contributed by atoms with E-state index in [9.17, 15) is 13.2 Å². The van der Waals surface area contributed by atoms with Gasteiger partial charge in [0.05, 0.1) is 6.67 Å². The molecule has 0 nitrogen and oxygen atoms in total. The van der Waals surface area contributed by atoms with Crippen LogP contribution in [0.15, 0.2) is 18.2 Å². The lowest BCUT2D eigenvalue weighted by Gasteiger charge is -2.32. The van der Waals surface area contributed by atoms with Crippen molar-refractivity contribution in [2.45, 2.75) is 64.2 Å². The third kappa shape index (κ3) is 3.15. The second-order valence-corrected chi connectivity index (χ2v) is 8.28. The number of aryl methyl sites for hydroxylation is 1. The molecule has 0 aliphatic heterocycles. The highest BCUT2D eigenvalue weighted by atomic mass is 19.2. The fourth-order valence-electron chi connectivity index (χ4n) is 5.06. The van der Waals surface area contributed by atoms with E-state index in [0.717, 1.165) is 31.6 Å². The van der Waals surface area contributed by atoms with Gasteiger partial charge in [-0.2, -0.15) is 0 Å². The van der Waals surface area contributed by atoms with E-state index in [-0.39, 0.29) is 35.4 Å². The van der Waals surface area contributed by atoms with E-state index >= 15 is 4.39 Å². The van der Waals surface area contributed by atoms with Gasteiger partial charge in [0.15, 0.2) is 11.6 Å². The Morgan fingerprint density at radius 3 is 2.29 bits per heavy atom. The van der Waals surface area contributed by atoms with Crippen LogP contribution in [-0.2, 0) is 6.42 Å². The lowest BCUT2D eigenvalue weighted by atomic mass is 9.73. The van der Waals surface area contributed by atoms with Crippen molar-refractivity contribution in [3.05, 3.63) is 46.8 Å². The van der Waals surface area contributed by atoms with Gasteiger partial charge in [-0.1, -0.05) is 31.9 Å². The number of hydrogen-bond donors (Lipinski definition) is 0. The molecule has 0 heterocycles. The van der Waals surface area contributed by atoms with E-state index in [1.54, 1.807) is 6.07 Å². The van der Waals surface area contributed by atoms with Crippen molar-refractivity contribution in [1.82, 2.24) is 0 Å². The summed E-state index contributed by atoms with van der Waals surface area (Å²) in [4.78, 5) is 0. The Labute approximate surface area is 164 Å². The highest BCUT2D eigenvalue weighted by Gasteiger charge is 2.35. The van der Waals surface area contributed by atoms with Crippen LogP contribution in [0, 0.1) is 23.4 Å². The molecule has 0 unspecified atom stereocenters. The van der Waals surface area contributed by atoms with Crippen LogP contribution in [0.1, 0.15) is 68.9 Å². The van der Waals surface area contributed by atoms with Gasteiger partial charge in [0.2, 0.25) is 0 Å². The predicted molar refractivity (Wildman–Crippen MR) is 105 cm³/mol. The van der Waals surface area contributed by atoms with E-state index in [1.807, 2.05) is 12.1 Å². The molecule has 4 heteroatoms. The average Bonchev–Trinajstić information content (AvgIpc) is 2.69. The van der Waals surface area contributed by atoms with Crippen LogP contribution in [0.5, 0.6) is 0 Å². The number of benzene rings is 2. The van der Waals surface area contributed by atoms with Crippen LogP contribution in [0.2, 0.25) is 0 Å². The molecule has 150 valence electrons. The quantitative estimate of drug-likeness (QED) is 0.378. The minimum absolute atomic E-state index is 0.0514. The zero-order valence-electron chi connectivity index (χ0n) is 16.3. The van der Waals surface area contributed by atoms with Crippen LogP contribution in [0.3, 0.4) is 0 Å². The van der Waals surface area contributed by atoms with Crippen LogP contribution < -0.4 is 0 Å². The molecule has 0 saturated heterocycles. The van der Waals surface area contributed by atoms with Gasteiger partial charge in [-0.3, -0.25) is 4.39 Å². The Bertz CT molecular complexity index is 879. The van der Waals surface area contributed by atoms with Crippen molar-refractivity contribution < 1.29 is 17.6 Å². The summed E-state index contributed by atoms with van der Waals surface area (Å²) >= 11 is 0. The first-order chi connectivity index (χ1) is 13.6. The Balaban J connectivity index is 1.63. The lowest BCUT2D eigenvalue weighted by molar-refractivity contribution is 0.304. The molecule has 0 aromatic heterocycles. The average molecular weight is 390 g/mol. The minimum Gasteiger partial charge on any atom is -0.251 e. The van der Waals surface area contributed by atoms with Gasteiger partial charge in [0.1, 0.15) is 5.82 Å². The Morgan fingerprint density at radius 1 is 0.893 bits per heavy atom. The van der Waals surface area contributed by atoms with Crippen molar-refractivity contribution in [2.24, 2.45) is 5.92 Å². The highest BCUT2D eigenvalue weighted by Crippen LogP contribution is 2.53. The molecule has 1 fully saturated rings. The van der Waals surface area contributed by atoms with Gasteiger partial charge >= 0.3 is 0 Å². The maximum absolute atomic E-state index is 15.3. The molecule has 2 aliphatic carbocycles.